The van der Waals surface area contributed by atoms with Crippen molar-refractivity contribution in [1.82, 2.24) is 0 Å². The summed E-state index contributed by atoms with van der Waals surface area (Å²) in [4.78, 5) is 11.1. The van der Waals surface area contributed by atoms with E-state index < -0.39 is 12.2 Å². The van der Waals surface area contributed by atoms with Crippen LogP contribution in [0.2, 0.25) is 0 Å². The highest BCUT2D eigenvalue weighted by Crippen LogP contribution is 2.37. The third kappa shape index (κ3) is 12.0. The first kappa shape index (κ1) is 27.1. The molecule has 0 aromatic carbocycles. The van der Waals surface area contributed by atoms with Crippen molar-refractivity contribution >= 4 is 5.97 Å². The van der Waals surface area contributed by atoms with Gasteiger partial charge in [0.15, 0.2) is 0 Å². The van der Waals surface area contributed by atoms with E-state index in [4.69, 9.17) is 9.47 Å². The number of aliphatic hydroxyl groups is 2. The van der Waals surface area contributed by atoms with E-state index in [-0.39, 0.29) is 17.8 Å². The van der Waals surface area contributed by atoms with Crippen LogP contribution in [0.25, 0.3) is 0 Å². The molecule has 1 aliphatic rings. The van der Waals surface area contributed by atoms with Crippen molar-refractivity contribution in [2.45, 2.75) is 89.8 Å². The second kappa shape index (κ2) is 17.7. The van der Waals surface area contributed by atoms with Gasteiger partial charge < -0.3 is 24.4 Å². The van der Waals surface area contributed by atoms with E-state index in [1.54, 1.807) is 0 Å². The Kier molecular flexibility index (Phi) is 16.0. The maximum atomic E-state index is 11.1. The predicted molar refractivity (Wildman–Crippen MR) is 118 cm³/mol. The minimum absolute atomic E-state index is 0.0548. The van der Waals surface area contributed by atoms with Gasteiger partial charge in [-0.05, 0) is 50.4 Å². The average molecular weight is 429 g/mol. The minimum atomic E-state index is -0.472. The molecule has 1 rings (SSSR count). The summed E-state index contributed by atoms with van der Waals surface area (Å²) >= 11 is 0. The molecule has 0 saturated heterocycles. The molecular weight excluding hydrogens is 384 g/mol. The summed E-state index contributed by atoms with van der Waals surface area (Å²) in [6.45, 7) is 4.78. The number of unbranched alkanes of at least 4 members (excludes halogenated alkanes) is 5. The van der Waals surface area contributed by atoms with Crippen LogP contribution in [0.4, 0.5) is 0 Å². The van der Waals surface area contributed by atoms with Gasteiger partial charge in [-0.2, -0.15) is 0 Å². The zero-order valence-electron chi connectivity index (χ0n) is 19.1. The van der Waals surface area contributed by atoms with E-state index in [0.717, 1.165) is 38.7 Å². The summed E-state index contributed by atoms with van der Waals surface area (Å²) in [5, 5.41) is 20.6. The molecule has 0 heterocycles. The number of carbonyl (C=O) groups is 1. The molecule has 1 saturated carbocycles. The average Bonchev–Trinajstić information content (AvgIpc) is 3.00. The van der Waals surface area contributed by atoms with Crippen LogP contribution in [0.5, 0.6) is 0 Å². The van der Waals surface area contributed by atoms with Crippen molar-refractivity contribution in [3.8, 4) is 0 Å². The lowest BCUT2D eigenvalue weighted by Gasteiger charge is -2.22. The van der Waals surface area contributed by atoms with Gasteiger partial charge in [0, 0.05) is 19.6 Å². The van der Waals surface area contributed by atoms with Crippen LogP contribution in [-0.4, -0.2) is 61.9 Å². The van der Waals surface area contributed by atoms with E-state index in [2.05, 4.69) is 17.7 Å². The monoisotopic (exact) mass is 428 g/mol. The van der Waals surface area contributed by atoms with Crippen LogP contribution in [0, 0.1) is 11.8 Å². The zero-order valence-corrected chi connectivity index (χ0v) is 19.1. The van der Waals surface area contributed by atoms with Crippen LogP contribution in [0.3, 0.4) is 0 Å². The first-order valence-corrected chi connectivity index (χ1v) is 11.8. The lowest BCUT2D eigenvalue weighted by atomic mass is 9.88. The molecular formula is C24H44O6. The molecule has 0 amide bonds. The van der Waals surface area contributed by atoms with Crippen molar-refractivity contribution < 1.29 is 29.2 Å². The number of allylic oxidation sites excluding steroid dienone is 2. The molecule has 2 N–H and O–H groups in total. The number of hydrogen-bond donors (Lipinski definition) is 2. The van der Waals surface area contributed by atoms with Crippen molar-refractivity contribution in [3.63, 3.8) is 0 Å². The Morgan fingerprint density at radius 1 is 0.900 bits per heavy atom. The summed E-state index contributed by atoms with van der Waals surface area (Å²) < 4.78 is 15.9. The molecule has 176 valence electrons. The van der Waals surface area contributed by atoms with Crippen LogP contribution >= 0.6 is 0 Å². The number of hydrogen-bond acceptors (Lipinski definition) is 6. The normalized spacial score (nSPS) is 24.0. The van der Waals surface area contributed by atoms with Crippen molar-refractivity contribution in [1.29, 1.82) is 0 Å². The van der Waals surface area contributed by atoms with Crippen molar-refractivity contribution in [2.24, 2.45) is 11.8 Å². The maximum Gasteiger partial charge on any atom is 0.305 e. The van der Waals surface area contributed by atoms with Gasteiger partial charge in [0.1, 0.15) is 0 Å². The Bertz CT molecular complexity index is 453. The highest BCUT2D eigenvalue weighted by Gasteiger charge is 2.40. The molecule has 0 aromatic heterocycles. The Morgan fingerprint density at radius 2 is 1.60 bits per heavy atom. The first-order chi connectivity index (χ1) is 14.6. The smallest absolute Gasteiger partial charge is 0.305 e. The molecule has 0 aliphatic heterocycles. The first-order valence-electron chi connectivity index (χ1n) is 11.8. The Balaban J connectivity index is 2.13. The minimum Gasteiger partial charge on any atom is -0.469 e. The second-order valence-electron chi connectivity index (χ2n) is 8.30. The lowest BCUT2D eigenvalue weighted by molar-refractivity contribution is -0.140. The highest BCUT2D eigenvalue weighted by molar-refractivity contribution is 5.69. The van der Waals surface area contributed by atoms with E-state index in [0.29, 0.717) is 32.7 Å². The van der Waals surface area contributed by atoms with Crippen molar-refractivity contribution in [2.75, 3.05) is 33.5 Å². The fourth-order valence-corrected chi connectivity index (χ4v) is 4.09. The third-order valence-corrected chi connectivity index (χ3v) is 5.94. The zero-order chi connectivity index (χ0) is 22.0. The summed E-state index contributed by atoms with van der Waals surface area (Å²) in [5.41, 5.74) is 0. The molecule has 0 spiro atoms. The molecule has 0 aromatic rings. The fraction of sp³-hybridized carbons (Fsp3) is 0.875. The van der Waals surface area contributed by atoms with Crippen LogP contribution in [0.15, 0.2) is 12.2 Å². The second-order valence-corrected chi connectivity index (χ2v) is 8.30. The van der Waals surface area contributed by atoms with Gasteiger partial charge in [-0.3, -0.25) is 4.79 Å². The molecule has 30 heavy (non-hydrogen) atoms. The Morgan fingerprint density at radius 3 is 2.33 bits per heavy atom. The fourth-order valence-electron chi connectivity index (χ4n) is 4.09. The van der Waals surface area contributed by atoms with Gasteiger partial charge in [-0.15, -0.1) is 0 Å². The Labute approximate surface area is 183 Å². The van der Waals surface area contributed by atoms with Crippen LogP contribution < -0.4 is 0 Å². The lowest BCUT2D eigenvalue weighted by Crippen LogP contribution is -2.23. The molecule has 0 bridgehead atoms. The molecule has 1 fully saturated rings. The molecule has 0 radical (unpaired) electrons. The topological polar surface area (TPSA) is 85.2 Å². The van der Waals surface area contributed by atoms with E-state index >= 15 is 0 Å². The predicted octanol–water partition coefficient (Wildman–Crippen LogP) is 4.03. The van der Waals surface area contributed by atoms with Crippen LogP contribution in [0.1, 0.15) is 77.6 Å². The number of ether oxygens (including phenoxy) is 3. The van der Waals surface area contributed by atoms with E-state index in [1.807, 2.05) is 6.08 Å². The summed E-state index contributed by atoms with van der Waals surface area (Å²) in [7, 11) is 1.40. The standard InChI is InChI=1S/C24H44O6/c1-3-4-5-8-11-15-29-17-18-30-16-14-21-20(22(25)19-23(21)26)12-9-6-7-10-13-24(27)28-2/h6,9,20-23,25-26H,3-5,7-8,10-19H2,1-2H3/t20-,21-,22?,23-/m1/s1. The molecule has 1 aliphatic carbocycles. The molecule has 4 atom stereocenters. The number of esters is 1. The van der Waals surface area contributed by atoms with Gasteiger partial charge in [0.05, 0.1) is 32.5 Å². The molecule has 6 nitrogen and oxygen atoms in total. The van der Waals surface area contributed by atoms with Gasteiger partial charge in [0.25, 0.3) is 0 Å². The van der Waals surface area contributed by atoms with E-state index in [1.165, 1.54) is 32.8 Å². The van der Waals surface area contributed by atoms with Gasteiger partial charge in [0.2, 0.25) is 0 Å². The van der Waals surface area contributed by atoms with E-state index in [9.17, 15) is 15.0 Å². The summed E-state index contributed by atoms with van der Waals surface area (Å²) in [6, 6.07) is 0. The number of carbonyl (C=O) groups excluding carboxylic acids is 1. The quantitative estimate of drug-likeness (QED) is 0.195. The number of methoxy groups -OCH3 is 1. The highest BCUT2D eigenvalue weighted by atomic mass is 16.5. The number of rotatable bonds is 18. The summed E-state index contributed by atoms with van der Waals surface area (Å²) in [5.74, 6) is -0.0748. The van der Waals surface area contributed by atoms with Crippen molar-refractivity contribution in [3.05, 3.63) is 12.2 Å². The SMILES string of the molecule is CCCCCCCOCCOCC[C@H]1[C@H](O)CC(O)[C@@H]1CC=CCCCC(=O)OC. The molecule has 1 unspecified atom stereocenters. The Hall–Kier alpha value is -0.950. The number of aliphatic hydroxyl groups excluding tert-OH is 2. The van der Waals surface area contributed by atoms with Gasteiger partial charge in [-0.25, -0.2) is 0 Å². The van der Waals surface area contributed by atoms with Gasteiger partial charge >= 0.3 is 5.97 Å². The molecule has 6 heteroatoms. The third-order valence-electron chi connectivity index (χ3n) is 5.94. The largest absolute Gasteiger partial charge is 0.469 e. The van der Waals surface area contributed by atoms with Gasteiger partial charge in [-0.1, -0.05) is 44.8 Å². The van der Waals surface area contributed by atoms with Crippen LogP contribution in [-0.2, 0) is 19.0 Å². The summed E-state index contributed by atoms with van der Waals surface area (Å²) in [6.07, 6.45) is 13.3. The maximum absolute atomic E-state index is 11.1.